The molecule has 1 unspecified atom stereocenters. The summed E-state index contributed by atoms with van der Waals surface area (Å²) >= 11 is 1.76. The normalized spacial score (nSPS) is 12.8. The van der Waals surface area contributed by atoms with Crippen LogP contribution in [0.25, 0.3) is 32.5 Å². The zero-order chi connectivity index (χ0) is 25.9. The predicted octanol–water partition coefficient (Wildman–Crippen LogP) is 5.74. The summed E-state index contributed by atoms with van der Waals surface area (Å²) in [6, 6.07) is 25.4. The maximum Gasteiger partial charge on any atom is 0.320 e. The van der Waals surface area contributed by atoms with Crippen LogP contribution in [0, 0.1) is 0 Å². The monoisotopic (exact) mass is 509 g/mol. The molecule has 5 rings (SSSR count). The van der Waals surface area contributed by atoms with Crippen LogP contribution in [0.15, 0.2) is 84.2 Å². The first-order chi connectivity index (χ1) is 17.9. The molecule has 2 heterocycles. The minimum atomic E-state index is -1.02. The third-order valence-electron chi connectivity index (χ3n) is 6.33. The highest BCUT2D eigenvalue weighted by atomic mass is 32.1. The molecule has 186 valence electrons. The number of rotatable bonds is 8. The fraction of sp³-hybridized carbons (Fsp3) is 0.138. The van der Waals surface area contributed by atoms with Crippen LogP contribution >= 0.6 is 11.3 Å². The molecule has 8 heteroatoms. The average Bonchev–Trinajstić information content (AvgIpc) is 3.33. The summed E-state index contributed by atoms with van der Waals surface area (Å²) in [6.07, 6.45) is 0.257. The van der Waals surface area contributed by atoms with Crippen molar-refractivity contribution in [1.29, 1.82) is 0 Å². The Bertz CT molecular complexity index is 1550. The lowest BCUT2D eigenvalue weighted by molar-refractivity contribution is -0.138. The fourth-order valence-electron chi connectivity index (χ4n) is 4.30. The van der Waals surface area contributed by atoms with Crippen LogP contribution < -0.4 is 16.8 Å². The number of aromatic nitrogens is 2. The number of carboxylic acid groups (broad SMARTS) is 1. The van der Waals surface area contributed by atoms with Crippen molar-refractivity contribution in [3.8, 4) is 22.4 Å². The van der Waals surface area contributed by atoms with E-state index in [2.05, 4.69) is 76.1 Å². The van der Waals surface area contributed by atoms with Gasteiger partial charge in [0.15, 0.2) is 0 Å². The Morgan fingerprint density at radius 1 is 1.00 bits per heavy atom. The van der Waals surface area contributed by atoms with E-state index in [4.69, 9.17) is 16.6 Å². The maximum absolute atomic E-state index is 11.0. The number of hydrogen-bond donors (Lipinski definition) is 4. The first-order valence-electron chi connectivity index (χ1n) is 11.9. The van der Waals surface area contributed by atoms with E-state index in [9.17, 15) is 4.79 Å². The smallest absolute Gasteiger partial charge is 0.320 e. The maximum atomic E-state index is 11.0. The zero-order valence-electron chi connectivity index (χ0n) is 20.3. The summed E-state index contributed by atoms with van der Waals surface area (Å²) in [5, 5.41) is 15.9. The van der Waals surface area contributed by atoms with E-state index in [0.717, 1.165) is 16.7 Å². The third-order valence-corrected chi connectivity index (χ3v) is 7.30. The van der Waals surface area contributed by atoms with Crippen molar-refractivity contribution in [3.05, 3.63) is 95.4 Å². The van der Waals surface area contributed by atoms with Crippen molar-refractivity contribution in [2.75, 3.05) is 11.1 Å². The van der Waals surface area contributed by atoms with E-state index in [-0.39, 0.29) is 18.4 Å². The molecular formula is C29H27N5O2S. The van der Waals surface area contributed by atoms with Crippen LogP contribution in [0.3, 0.4) is 0 Å². The van der Waals surface area contributed by atoms with Crippen LogP contribution in [0.1, 0.15) is 24.1 Å². The van der Waals surface area contributed by atoms with Crippen LogP contribution in [0.2, 0.25) is 0 Å². The number of anilines is 2. The number of carbonyl (C=O) groups is 1. The quantitative estimate of drug-likeness (QED) is 0.210. The lowest BCUT2D eigenvalue weighted by Crippen LogP contribution is -2.32. The Labute approximate surface area is 218 Å². The van der Waals surface area contributed by atoms with E-state index in [1.165, 1.54) is 21.2 Å². The number of carboxylic acids is 1. The minimum Gasteiger partial charge on any atom is -0.480 e. The molecule has 2 atom stereocenters. The summed E-state index contributed by atoms with van der Waals surface area (Å²) < 4.78 is 1.28. The van der Waals surface area contributed by atoms with Crippen LogP contribution in [0.4, 0.5) is 11.8 Å². The summed E-state index contributed by atoms with van der Waals surface area (Å²) in [7, 11) is 0. The van der Waals surface area contributed by atoms with Crippen molar-refractivity contribution in [2.24, 2.45) is 5.73 Å². The Morgan fingerprint density at radius 3 is 2.43 bits per heavy atom. The van der Waals surface area contributed by atoms with Gasteiger partial charge in [0.2, 0.25) is 5.95 Å². The second-order valence-corrected chi connectivity index (χ2v) is 9.89. The lowest BCUT2D eigenvalue weighted by Gasteiger charge is -2.16. The number of benzene rings is 3. The highest BCUT2D eigenvalue weighted by Gasteiger charge is 2.14. The summed E-state index contributed by atoms with van der Waals surface area (Å²) in [4.78, 5) is 19.8. The van der Waals surface area contributed by atoms with Gasteiger partial charge in [0.1, 0.15) is 11.9 Å². The van der Waals surface area contributed by atoms with Gasteiger partial charge in [-0.15, -0.1) is 11.3 Å². The van der Waals surface area contributed by atoms with Crippen LogP contribution in [0.5, 0.6) is 0 Å². The van der Waals surface area contributed by atoms with Crippen molar-refractivity contribution < 1.29 is 9.90 Å². The van der Waals surface area contributed by atoms with Gasteiger partial charge in [-0.2, -0.15) is 4.98 Å². The predicted molar refractivity (Wildman–Crippen MR) is 150 cm³/mol. The van der Waals surface area contributed by atoms with Gasteiger partial charge >= 0.3 is 5.97 Å². The summed E-state index contributed by atoms with van der Waals surface area (Å²) in [6.45, 7) is 2.08. The number of nitrogen functional groups attached to an aromatic ring is 1. The van der Waals surface area contributed by atoms with E-state index < -0.39 is 12.0 Å². The largest absolute Gasteiger partial charge is 0.480 e. The molecular weight excluding hydrogens is 482 g/mol. The highest BCUT2D eigenvalue weighted by Crippen LogP contribution is 2.34. The Hall–Kier alpha value is -4.27. The number of fused-ring (bicyclic) bond motifs is 1. The second kappa shape index (κ2) is 10.4. The number of nitrogens with one attached hydrogen (secondary N) is 1. The molecule has 6 N–H and O–H groups in total. The third kappa shape index (κ3) is 5.45. The zero-order valence-corrected chi connectivity index (χ0v) is 21.1. The molecule has 0 fully saturated rings. The van der Waals surface area contributed by atoms with Gasteiger partial charge < -0.3 is 21.9 Å². The van der Waals surface area contributed by atoms with E-state index in [1.54, 1.807) is 11.3 Å². The van der Waals surface area contributed by atoms with Gasteiger partial charge in [-0.25, -0.2) is 4.98 Å². The first-order valence-corrected chi connectivity index (χ1v) is 12.8. The van der Waals surface area contributed by atoms with Crippen molar-refractivity contribution >= 4 is 39.2 Å². The molecule has 2 aromatic heterocycles. The topological polar surface area (TPSA) is 127 Å². The fourth-order valence-corrected chi connectivity index (χ4v) is 5.27. The molecule has 0 saturated heterocycles. The summed E-state index contributed by atoms with van der Waals surface area (Å²) in [5.41, 5.74) is 17.6. The molecule has 0 spiro atoms. The molecule has 0 aliphatic rings. The van der Waals surface area contributed by atoms with Gasteiger partial charge in [-0.1, -0.05) is 66.7 Å². The number of aliphatic carboxylic acids is 1. The van der Waals surface area contributed by atoms with E-state index in [0.29, 0.717) is 11.5 Å². The molecule has 0 aliphatic heterocycles. The SMILES string of the molecule is C[C@@H](Nc1cc(-c2ccc(CC(N)C(=O)O)cc2)nc(N)n1)c1ccc(-c2csc3ccccc23)cc1. The average molecular weight is 510 g/mol. The number of nitrogens with two attached hydrogens (primary N) is 2. The molecule has 0 radical (unpaired) electrons. The molecule has 3 aromatic carbocycles. The molecule has 0 aliphatic carbocycles. The number of nitrogens with zero attached hydrogens (tertiary/aromatic N) is 2. The van der Waals surface area contributed by atoms with E-state index in [1.807, 2.05) is 30.3 Å². The standard InChI is InChI=1S/C29H27N5O2S/c1-17(19-10-12-20(13-11-19)23-16-37-26-5-3-2-4-22(23)26)32-27-15-25(33-29(31)34-27)21-8-6-18(7-9-21)14-24(30)28(35)36/h2-13,15-17,24H,14,30H2,1H3,(H,35,36)(H3,31,32,33,34)/t17-,24?/m1/s1. The van der Waals surface area contributed by atoms with Gasteiger partial charge in [0.05, 0.1) is 5.69 Å². The second-order valence-electron chi connectivity index (χ2n) is 8.98. The number of thiophene rings is 1. The lowest BCUT2D eigenvalue weighted by atomic mass is 10.0. The Kier molecular flexibility index (Phi) is 6.85. The highest BCUT2D eigenvalue weighted by molar-refractivity contribution is 7.17. The first kappa shape index (κ1) is 24.4. The van der Waals surface area contributed by atoms with Gasteiger partial charge in [-0.3, -0.25) is 4.79 Å². The van der Waals surface area contributed by atoms with Crippen LogP contribution in [-0.2, 0) is 11.2 Å². The van der Waals surface area contributed by atoms with Crippen molar-refractivity contribution in [3.63, 3.8) is 0 Å². The van der Waals surface area contributed by atoms with Crippen LogP contribution in [-0.4, -0.2) is 27.1 Å². The van der Waals surface area contributed by atoms with Gasteiger partial charge in [0.25, 0.3) is 0 Å². The molecule has 0 saturated carbocycles. The molecule has 7 nitrogen and oxygen atoms in total. The Balaban J connectivity index is 1.31. The van der Waals surface area contributed by atoms with Crippen molar-refractivity contribution in [2.45, 2.75) is 25.4 Å². The summed E-state index contributed by atoms with van der Waals surface area (Å²) in [5.74, 6) is -0.226. The Morgan fingerprint density at radius 2 is 1.70 bits per heavy atom. The minimum absolute atomic E-state index is 0.00435. The number of hydrogen-bond acceptors (Lipinski definition) is 7. The molecule has 0 bridgehead atoms. The van der Waals surface area contributed by atoms with Crippen molar-refractivity contribution in [1.82, 2.24) is 9.97 Å². The van der Waals surface area contributed by atoms with Gasteiger partial charge in [-0.05, 0) is 41.5 Å². The molecule has 37 heavy (non-hydrogen) atoms. The molecule has 5 aromatic rings. The van der Waals surface area contributed by atoms with E-state index >= 15 is 0 Å². The van der Waals surface area contributed by atoms with Gasteiger partial charge in [0, 0.05) is 33.3 Å². The molecule has 0 amide bonds.